The summed E-state index contributed by atoms with van der Waals surface area (Å²) in [5, 5.41) is 19.4. The lowest BCUT2D eigenvalue weighted by molar-refractivity contribution is -0.885. The van der Waals surface area contributed by atoms with Gasteiger partial charge in [0.15, 0.2) is 5.69 Å². The van der Waals surface area contributed by atoms with Crippen LogP contribution < -0.4 is 9.63 Å². The van der Waals surface area contributed by atoms with Gasteiger partial charge in [0.05, 0.1) is 0 Å². The molecule has 1 fully saturated rings. The van der Waals surface area contributed by atoms with Gasteiger partial charge >= 0.3 is 11.9 Å². The van der Waals surface area contributed by atoms with Crippen LogP contribution in [-0.2, 0) is 4.74 Å². The molecule has 0 spiro atoms. The number of rotatable bonds is 4. The van der Waals surface area contributed by atoms with Gasteiger partial charge in [-0.1, -0.05) is 36.4 Å². The van der Waals surface area contributed by atoms with E-state index in [1.165, 1.54) is 17.0 Å². The first kappa shape index (κ1) is 21.3. The van der Waals surface area contributed by atoms with Crippen molar-refractivity contribution in [1.82, 2.24) is 0 Å². The maximum Gasteiger partial charge on any atom is 0.507 e. The minimum absolute atomic E-state index is 0.0437. The molecule has 4 rings (SSSR count). The molecule has 30 heavy (non-hydrogen) atoms. The highest BCUT2D eigenvalue weighted by Crippen LogP contribution is 2.22. The normalized spacial score (nSPS) is 15.7. The molecule has 2 heterocycles. The smallest absolute Gasteiger partial charge is 0.428 e. The van der Waals surface area contributed by atoms with Gasteiger partial charge in [-0.2, -0.15) is 9.69 Å². The summed E-state index contributed by atoms with van der Waals surface area (Å²) in [5.41, 5.74) is 1.04. The number of benzene rings is 2. The Kier molecular flexibility index (Phi) is 7.34. The van der Waals surface area contributed by atoms with Gasteiger partial charge in [-0.3, -0.25) is 0 Å². The van der Waals surface area contributed by atoms with Crippen LogP contribution in [-0.4, -0.2) is 35.7 Å². The average molecular weight is 411 g/mol. The molecule has 0 radical (unpaired) electrons. The first-order valence-electron chi connectivity index (χ1n) is 9.69. The van der Waals surface area contributed by atoms with Crippen LogP contribution in [0.2, 0.25) is 0 Å². The standard InChI is InChI=1S/C17H18FN2O4.C6H6/c18-13-6-4-12(5-7-13)15-2-1-3-16(20(15)23)19-10-8-14(9-11-21)24-17(19)22;1-2-4-6-5-3-1/h1-7,14,21,23H,8-11H2;1-6H/q+1;. The maximum absolute atomic E-state index is 13.1. The second kappa shape index (κ2) is 10.4. The van der Waals surface area contributed by atoms with Crippen LogP contribution in [0.5, 0.6) is 0 Å². The Morgan fingerprint density at radius 1 is 1.00 bits per heavy atom. The van der Waals surface area contributed by atoms with E-state index in [0.717, 1.165) is 4.73 Å². The van der Waals surface area contributed by atoms with Gasteiger partial charge in [0.2, 0.25) is 0 Å². The van der Waals surface area contributed by atoms with E-state index in [0.29, 0.717) is 30.6 Å². The second-order valence-electron chi connectivity index (χ2n) is 6.70. The van der Waals surface area contributed by atoms with Crippen LogP contribution in [0.15, 0.2) is 78.9 Å². The predicted octanol–water partition coefficient (Wildman–Crippen LogP) is 3.80. The van der Waals surface area contributed by atoms with E-state index >= 15 is 0 Å². The summed E-state index contributed by atoms with van der Waals surface area (Å²) in [5.74, 6) is -0.0989. The molecular formula is C23H24FN2O4+. The van der Waals surface area contributed by atoms with Crippen molar-refractivity contribution in [3.63, 3.8) is 0 Å². The number of anilines is 1. The van der Waals surface area contributed by atoms with Crippen LogP contribution in [0.25, 0.3) is 11.3 Å². The largest absolute Gasteiger partial charge is 0.507 e. The Balaban J connectivity index is 0.000000367. The van der Waals surface area contributed by atoms with E-state index < -0.39 is 6.09 Å². The SMILES string of the molecule is O=C1OC(CCO)CCN1c1cccc(-c2ccc(F)cc2)[n+]1O.c1ccccc1. The molecule has 0 saturated carbocycles. The number of cyclic esters (lactones) is 1. The zero-order valence-corrected chi connectivity index (χ0v) is 16.4. The van der Waals surface area contributed by atoms with Crippen molar-refractivity contribution in [2.24, 2.45) is 0 Å². The number of carbonyl (C=O) groups is 1. The molecule has 1 amide bonds. The zero-order chi connectivity index (χ0) is 21.3. The van der Waals surface area contributed by atoms with E-state index in [-0.39, 0.29) is 24.3 Å². The van der Waals surface area contributed by atoms with Crippen molar-refractivity contribution < 1.29 is 29.0 Å². The summed E-state index contributed by atoms with van der Waals surface area (Å²) in [6.45, 7) is 0.328. The molecule has 0 aliphatic carbocycles. The number of hydrogen-bond donors (Lipinski definition) is 2. The molecular weight excluding hydrogens is 387 g/mol. The molecule has 1 aliphatic heterocycles. The molecule has 1 aliphatic rings. The van der Waals surface area contributed by atoms with Crippen molar-refractivity contribution >= 4 is 11.9 Å². The number of amides is 1. The van der Waals surface area contributed by atoms with Gasteiger partial charge in [-0.15, -0.1) is 0 Å². The number of aromatic nitrogens is 1. The quantitative estimate of drug-likeness (QED) is 0.506. The first-order chi connectivity index (χ1) is 14.6. The van der Waals surface area contributed by atoms with Crippen molar-refractivity contribution in [1.29, 1.82) is 0 Å². The fourth-order valence-corrected chi connectivity index (χ4v) is 3.10. The number of pyridine rings is 1. The van der Waals surface area contributed by atoms with Crippen LogP contribution in [0.1, 0.15) is 12.8 Å². The number of aliphatic hydroxyl groups is 1. The zero-order valence-electron chi connectivity index (χ0n) is 16.4. The van der Waals surface area contributed by atoms with Crippen LogP contribution in [0, 0.1) is 5.82 Å². The van der Waals surface area contributed by atoms with Crippen LogP contribution >= 0.6 is 0 Å². The van der Waals surface area contributed by atoms with Crippen LogP contribution in [0.3, 0.4) is 0 Å². The summed E-state index contributed by atoms with van der Waals surface area (Å²) in [4.78, 5) is 13.5. The summed E-state index contributed by atoms with van der Waals surface area (Å²) in [7, 11) is 0. The molecule has 2 N–H and O–H groups in total. The highest BCUT2D eigenvalue weighted by molar-refractivity contribution is 5.86. The Bertz CT molecular complexity index is 924. The summed E-state index contributed by atoms with van der Waals surface area (Å²) < 4.78 is 19.2. The maximum atomic E-state index is 13.1. The summed E-state index contributed by atoms with van der Waals surface area (Å²) >= 11 is 0. The summed E-state index contributed by atoms with van der Waals surface area (Å²) in [6, 6.07) is 22.7. The van der Waals surface area contributed by atoms with E-state index in [1.807, 2.05) is 36.4 Å². The van der Waals surface area contributed by atoms with Gasteiger partial charge in [0.1, 0.15) is 18.5 Å². The molecule has 1 atom stereocenters. The topological polar surface area (TPSA) is 73.9 Å². The Morgan fingerprint density at radius 2 is 1.63 bits per heavy atom. The number of nitrogens with zero attached hydrogens (tertiary/aromatic N) is 2. The first-order valence-corrected chi connectivity index (χ1v) is 9.69. The van der Waals surface area contributed by atoms with Crippen molar-refractivity contribution in [3.8, 4) is 11.3 Å². The lowest BCUT2D eigenvalue weighted by atomic mass is 10.1. The third-order valence-electron chi connectivity index (χ3n) is 4.64. The number of aliphatic hydroxyl groups excluding tert-OH is 1. The van der Waals surface area contributed by atoms with Crippen molar-refractivity contribution in [2.45, 2.75) is 18.9 Å². The third kappa shape index (κ3) is 5.33. The molecule has 1 saturated heterocycles. The van der Waals surface area contributed by atoms with Gasteiger partial charge in [-0.25, -0.2) is 4.39 Å². The molecule has 0 bridgehead atoms. The van der Waals surface area contributed by atoms with E-state index in [2.05, 4.69) is 0 Å². The lowest BCUT2D eigenvalue weighted by Gasteiger charge is -2.26. The van der Waals surface area contributed by atoms with E-state index in [9.17, 15) is 14.4 Å². The van der Waals surface area contributed by atoms with E-state index in [4.69, 9.17) is 9.84 Å². The predicted molar refractivity (Wildman–Crippen MR) is 110 cm³/mol. The second-order valence-corrected chi connectivity index (χ2v) is 6.70. The van der Waals surface area contributed by atoms with Gasteiger partial charge in [-0.05, 0) is 41.1 Å². The molecule has 1 unspecified atom stereocenters. The Labute approximate surface area is 174 Å². The van der Waals surface area contributed by atoms with Gasteiger partial charge in [0.25, 0.3) is 0 Å². The highest BCUT2D eigenvalue weighted by Gasteiger charge is 2.37. The number of ether oxygens (including phenoxy) is 1. The fraction of sp³-hybridized carbons (Fsp3) is 0.217. The highest BCUT2D eigenvalue weighted by atomic mass is 19.1. The number of halogens is 1. The molecule has 2 aromatic carbocycles. The van der Waals surface area contributed by atoms with E-state index in [1.54, 1.807) is 30.3 Å². The molecule has 156 valence electrons. The molecule has 6 nitrogen and oxygen atoms in total. The minimum atomic E-state index is -0.571. The molecule has 7 heteroatoms. The van der Waals surface area contributed by atoms with Crippen molar-refractivity contribution in [2.75, 3.05) is 18.1 Å². The fourth-order valence-electron chi connectivity index (χ4n) is 3.10. The van der Waals surface area contributed by atoms with Gasteiger partial charge in [0, 0.05) is 31.1 Å². The molecule has 3 aromatic rings. The van der Waals surface area contributed by atoms with Crippen LogP contribution in [0.4, 0.5) is 15.0 Å². The molecule has 1 aromatic heterocycles. The minimum Gasteiger partial charge on any atom is -0.428 e. The Morgan fingerprint density at radius 3 is 2.20 bits per heavy atom. The Hall–Kier alpha value is -3.45. The van der Waals surface area contributed by atoms with Gasteiger partial charge < -0.3 is 15.1 Å². The summed E-state index contributed by atoms with van der Waals surface area (Å²) in [6.07, 6.45) is 0.0754. The monoisotopic (exact) mass is 411 g/mol. The average Bonchev–Trinajstić information content (AvgIpc) is 2.77. The lowest BCUT2D eigenvalue weighted by Crippen LogP contribution is -2.49. The number of carbonyl (C=O) groups excluding carboxylic acids is 1. The number of hydrogen-bond acceptors (Lipinski definition) is 4. The van der Waals surface area contributed by atoms with Crippen molar-refractivity contribution in [3.05, 3.63) is 84.7 Å². The third-order valence-corrected chi connectivity index (χ3v) is 4.64.